The molecule has 26 heavy (non-hydrogen) atoms. The van der Waals surface area contributed by atoms with Crippen LogP contribution in [0.5, 0.6) is 0 Å². The Labute approximate surface area is 156 Å². The van der Waals surface area contributed by atoms with Gasteiger partial charge in [0.15, 0.2) is 0 Å². The van der Waals surface area contributed by atoms with Gasteiger partial charge in [-0.25, -0.2) is 0 Å². The van der Waals surface area contributed by atoms with E-state index in [1.165, 1.54) is 16.8 Å². The van der Waals surface area contributed by atoms with Crippen molar-refractivity contribution in [3.63, 3.8) is 0 Å². The van der Waals surface area contributed by atoms with Crippen molar-refractivity contribution in [2.24, 2.45) is 0 Å². The Bertz CT molecular complexity index is 736. The number of aryl methyl sites for hydroxylation is 1. The van der Waals surface area contributed by atoms with Gasteiger partial charge in [0.25, 0.3) is 0 Å². The zero-order valence-electron chi connectivity index (χ0n) is 16.6. The van der Waals surface area contributed by atoms with E-state index in [1.807, 2.05) is 12.1 Å². The van der Waals surface area contributed by atoms with Gasteiger partial charge in [-0.2, -0.15) is 0 Å². The summed E-state index contributed by atoms with van der Waals surface area (Å²) in [4.78, 5) is 5.70. The number of anilines is 1. The Morgan fingerprint density at radius 3 is 1.96 bits per heavy atom. The molecule has 3 rings (SSSR count). The largest absolute Gasteiger partial charge is 0.392 e. The number of aromatic nitrogens is 1. The average Bonchev–Trinajstić information content (AvgIpc) is 2.91. The van der Waals surface area contributed by atoms with Gasteiger partial charge in [0.1, 0.15) is 0 Å². The predicted molar refractivity (Wildman–Crippen MR) is 107 cm³/mol. The van der Waals surface area contributed by atoms with E-state index in [1.54, 1.807) is 0 Å². The summed E-state index contributed by atoms with van der Waals surface area (Å²) in [6.45, 7) is 12.5. The maximum Gasteiger partial charge on any atom is 0.0741 e. The normalized spacial score (nSPS) is 25.2. The van der Waals surface area contributed by atoms with Gasteiger partial charge >= 0.3 is 0 Å². The van der Waals surface area contributed by atoms with Crippen molar-refractivity contribution in [3.8, 4) is 0 Å². The van der Waals surface area contributed by atoms with E-state index in [4.69, 9.17) is 0 Å². The highest BCUT2D eigenvalue weighted by Crippen LogP contribution is 2.49. The van der Waals surface area contributed by atoms with Gasteiger partial charge in [0.05, 0.1) is 18.1 Å². The van der Waals surface area contributed by atoms with Crippen LogP contribution in [-0.4, -0.2) is 40.5 Å². The molecule has 2 aromatic rings. The van der Waals surface area contributed by atoms with Crippen molar-refractivity contribution in [2.75, 3.05) is 18.0 Å². The van der Waals surface area contributed by atoms with Crippen LogP contribution in [0.1, 0.15) is 60.7 Å². The Hall–Kier alpha value is -1.78. The molecule has 1 aromatic carbocycles. The van der Waals surface area contributed by atoms with Crippen LogP contribution < -0.4 is 4.90 Å². The Morgan fingerprint density at radius 2 is 1.50 bits per heavy atom. The highest BCUT2D eigenvalue weighted by atomic mass is 16.3. The molecule has 4 nitrogen and oxygen atoms in total. The molecule has 1 heterocycles. The minimum Gasteiger partial charge on any atom is -0.392 e. The monoisotopic (exact) mass is 356 g/mol. The highest BCUT2D eigenvalue weighted by molar-refractivity contribution is 5.49. The smallest absolute Gasteiger partial charge is 0.0741 e. The van der Waals surface area contributed by atoms with Crippen LogP contribution in [0, 0.1) is 13.8 Å². The lowest BCUT2D eigenvalue weighted by Crippen LogP contribution is -2.52. The van der Waals surface area contributed by atoms with E-state index < -0.39 is 12.2 Å². The number of hydrogen-bond acceptors (Lipinski definition) is 3. The second-order valence-corrected chi connectivity index (χ2v) is 7.42. The van der Waals surface area contributed by atoms with Crippen LogP contribution in [-0.2, 0) is 6.42 Å². The summed E-state index contributed by atoms with van der Waals surface area (Å²) in [5.41, 5.74) is 6.81. The minimum atomic E-state index is -0.564. The summed E-state index contributed by atoms with van der Waals surface area (Å²) < 4.78 is 0. The molecule has 1 fully saturated rings. The summed E-state index contributed by atoms with van der Waals surface area (Å²) in [5, 5.41) is 21.6. The van der Waals surface area contributed by atoms with E-state index in [2.05, 4.69) is 56.6 Å². The minimum absolute atomic E-state index is 0.223. The maximum absolute atomic E-state index is 10.8. The quantitative estimate of drug-likeness (QED) is 0.740. The maximum atomic E-state index is 10.8. The van der Waals surface area contributed by atoms with Crippen molar-refractivity contribution in [1.29, 1.82) is 0 Å². The Morgan fingerprint density at radius 1 is 0.923 bits per heavy atom. The number of aromatic amines is 1. The summed E-state index contributed by atoms with van der Waals surface area (Å²) in [7, 11) is 0. The second kappa shape index (κ2) is 7.45. The molecule has 0 bridgehead atoms. The predicted octanol–water partition coefficient (Wildman–Crippen LogP) is 3.64. The molecule has 1 aromatic heterocycles. The van der Waals surface area contributed by atoms with E-state index in [-0.39, 0.29) is 11.8 Å². The SMILES string of the molecule is CCc1c(C)[nH]c(C2C(O)C(c3ccc(N(CC)CC)cc3)C2O)c1C. The summed E-state index contributed by atoms with van der Waals surface area (Å²) in [6, 6.07) is 8.28. The van der Waals surface area contributed by atoms with Gasteiger partial charge in [-0.1, -0.05) is 19.1 Å². The standard InChI is InChI=1S/C22H32N2O2/c1-6-17-13(4)20(23-14(17)5)19-21(25)18(22(19)26)15-9-11-16(12-10-15)24(7-2)8-3/h9-12,18-19,21-23,25-26H,6-8H2,1-5H3. The first-order valence-electron chi connectivity index (χ1n) is 9.83. The van der Waals surface area contributed by atoms with Gasteiger partial charge in [0.2, 0.25) is 0 Å². The van der Waals surface area contributed by atoms with Crippen molar-refractivity contribution in [1.82, 2.24) is 4.98 Å². The number of aliphatic hydroxyl groups is 2. The van der Waals surface area contributed by atoms with E-state index in [0.29, 0.717) is 0 Å². The molecule has 1 aliphatic rings. The van der Waals surface area contributed by atoms with Gasteiger partial charge in [-0.3, -0.25) is 0 Å². The molecule has 4 heteroatoms. The molecule has 2 atom stereocenters. The number of benzene rings is 1. The van der Waals surface area contributed by atoms with Gasteiger partial charge in [0, 0.05) is 36.1 Å². The fraction of sp³-hybridized carbons (Fsp3) is 0.545. The molecular formula is C22H32N2O2. The van der Waals surface area contributed by atoms with Crippen LogP contribution in [0.25, 0.3) is 0 Å². The molecule has 1 saturated carbocycles. The van der Waals surface area contributed by atoms with E-state index >= 15 is 0 Å². The third kappa shape index (κ3) is 2.95. The second-order valence-electron chi connectivity index (χ2n) is 7.42. The van der Waals surface area contributed by atoms with Crippen molar-refractivity contribution < 1.29 is 10.2 Å². The summed E-state index contributed by atoms with van der Waals surface area (Å²) in [5.74, 6) is -0.458. The topological polar surface area (TPSA) is 59.5 Å². The van der Waals surface area contributed by atoms with Crippen LogP contribution in [0.2, 0.25) is 0 Å². The number of aliphatic hydroxyl groups excluding tert-OH is 2. The first-order valence-corrected chi connectivity index (χ1v) is 9.83. The first-order chi connectivity index (χ1) is 12.4. The first kappa shape index (κ1) is 19.0. The van der Waals surface area contributed by atoms with Gasteiger partial charge in [-0.15, -0.1) is 0 Å². The molecular weight excluding hydrogens is 324 g/mol. The lowest BCUT2D eigenvalue weighted by molar-refractivity contribution is -0.0800. The third-order valence-electron chi connectivity index (χ3n) is 6.20. The van der Waals surface area contributed by atoms with Crippen LogP contribution in [0.15, 0.2) is 24.3 Å². The number of nitrogens with zero attached hydrogens (tertiary/aromatic N) is 1. The molecule has 3 N–H and O–H groups in total. The molecule has 0 radical (unpaired) electrons. The van der Waals surface area contributed by atoms with Gasteiger partial charge < -0.3 is 20.1 Å². The Kier molecular flexibility index (Phi) is 5.44. The van der Waals surface area contributed by atoms with Crippen LogP contribution in [0.3, 0.4) is 0 Å². The molecule has 0 amide bonds. The third-order valence-corrected chi connectivity index (χ3v) is 6.20. The highest BCUT2D eigenvalue weighted by Gasteiger charge is 2.51. The average molecular weight is 357 g/mol. The lowest BCUT2D eigenvalue weighted by Gasteiger charge is -2.46. The Balaban J connectivity index is 1.81. The number of rotatable bonds is 6. The molecule has 0 aliphatic heterocycles. The molecule has 0 saturated heterocycles. The fourth-order valence-electron chi connectivity index (χ4n) is 4.62. The lowest BCUT2D eigenvalue weighted by atomic mass is 9.64. The van der Waals surface area contributed by atoms with E-state index in [0.717, 1.165) is 36.5 Å². The molecule has 0 spiro atoms. The van der Waals surface area contributed by atoms with Gasteiger partial charge in [-0.05, 0) is 62.9 Å². The van der Waals surface area contributed by atoms with Crippen LogP contribution >= 0.6 is 0 Å². The fourth-order valence-corrected chi connectivity index (χ4v) is 4.62. The number of hydrogen-bond donors (Lipinski definition) is 3. The molecule has 1 aliphatic carbocycles. The van der Waals surface area contributed by atoms with Crippen molar-refractivity contribution >= 4 is 5.69 Å². The van der Waals surface area contributed by atoms with Crippen molar-refractivity contribution in [2.45, 2.75) is 65.1 Å². The van der Waals surface area contributed by atoms with E-state index in [9.17, 15) is 10.2 Å². The van der Waals surface area contributed by atoms with Crippen LogP contribution in [0.4, 0.5) is 5.69 Å². The zero-order valence-corrected chi connectivity index (χ0v) is 16.6. The van der Waals surface area contributed by atoms with Crippen molar-refractivity contribution in [3.05, 3.63) is 52.3 Å². The number of nitrogens with one attached hydrogen (secondary N) is 1. The number of H-pyrrole nitrogens is 1. The summed E-state index contributed by atoms with van der Waals surface area (Å²) >= 11 is 0. The molecule has 2 unspecified atom stereocenters. The summed E-state index contributed by atoms with van der Waals surface area (Å²) in [6.07, 6.45) is -0.167. The zero-order chi connectivity index (χ0) is 19.0. The molecule has 142 valence electrons.